The molecule has 3 rings (SSSR count). The Hall–Kier alpha value is -1.36. The van der Waals surface area contributed by atoms with Crippen LogP contribution >= 0.6 is 0 Å². The van der Waals surface area contributed by atoms with Gasteiger partial charge in [-0.15, -0.1) is 0 Å². The van der Waals surface area contributed by atoms with Crippen LogP contribution in [0.2, 0.25) is 0 Å². The zero-order chi connectivity index (χ0) is 12.4. The van der Waals surface area contributed by atoms with Gasteiger partial charge in [-0.05, 0) is 18.8 Å². The number of aromatic nitrogens is 2. The molecule has 98 valence electrons. The summed E-state index contributed by atoms with van der Waals surface area (Å²) in [6.45, 7) is 5.74. The summed E-state index contributed by atoms with van der Waals surface area (Å²) in [7, 11) is 1.88. The first-order valence-electron chi connectivity index (χ1n) is 6.82. The Morgan fingerprint density at radius 1 is 1.22 bits per heavy atom. The molecule has 0 aromatic carbocycles. The van der Waals surface area contributed by atoms with Crippen molar-refractivity contribution in [2.24, 2.45) is 5.92 Å². The van der Waals surface area contributed by atoms with Crippen molar-refractivity contribution in [1.82, 2.24) is 14.9 Å². The zero-order valence-corrected chi connectivity index (χ0v) is 11.0. The fourth-order valence-electron chi connectivity index (χ4n) is 2.45. The second-order valence-electron chi connectivity index (χ2n) is 5.24. The van der Waals surface area contributed by atoms with Crippen LogP contribution in [0, 0.1) is 5.92 Å². The van der Waals surface area contributed by atoms with Gasteiger partial charge in [0.1, 0.15) is 11.6 Å². The van der Waals surface area contributed by atoms with Gasteiger partial charge in [0, 0.05) is 39.8 Å². The molecular formula is C13H21N5. The molecule has 0 bridgehead atoms. The Kier molecular flexibility index (Phi) is 3.32. The average molecular weight is 247 g/mol. The number of anilines is 2. The predicted octanol–water partition coefficient (Wildman–Crippen LogP) is 1.05. The smallest absolute Gasteiger partial charge is 0.149 e. The maximum atomic E-state index is 4.55. The lowest BCUT2D eigenvalue weighted by Gasteiger charge is -2.35. The van der Waals surface area contributed by atoms with E-state index in [0.717, 1.165) is 43.7 Å². The number of piperazine rings is 1. The van der Waals surface area contributed by atoms with E-state index in [-0.39, 0.29) is 0 Å². The minimum absolute atomic E-state index is 0.841. The summed E-state index contributed by atoms with van der Waals surface area (Å²) in [4.78, 5) is 13.7. The fraction of sp³-hybridized carbons (Fsp3) is 0.692. The van der Waals surface area contributed by atoms with Gasteiger partial charge < -0.3 is 10.2 Å². The van der Waals surface area contributed by atoms with Crippen molar-refractivity contribution in [2.75, 3.05) is 50.0 Å². The minimum Gasteiger partial charge on any atom is -0.372 e. The Morgan fingerprint density at radius 3 is 2.67 bits per heavy atom. The van der Waals surface area contributed by atoms with Crippen LogP contribution in [0.4, 0.5) is 11.6 Å². The number of hydrogen-bond donors (Lipinski definition) is 1. The summed E-state index contributed by atoms with van der Waals surface area (Å²) in [5, 5.41) is 3.04. The largest absolute Gasteiger partial charge is 0.372 e. The molecule has 0 radical (unpaired) electrons. The molecule has 2 aliphatic rings. The molecule has 5 nitrogen and oxygen atoms in total. The van der Waals surface area contributed by atoms with Crippen LogP contribution < -0.4 is 10.2 Å². The van der Waals surface area contributed by atoms with Crippen LogP contribution in [0.25, 0.3) is 0 Å². The molecule has 18 heavy (non-hydrogen) atoms. The van der Waals surface area contributed by atoms with E-state index < -0.39 is 0 Å². The minimum atomic E-state index is 0.841. The lowest BCUT2D eigenvalue weighted by Crippen LogP contribution is -2.47. The van der Waals surface area contributed by atoms with E-state index in [1.165, 1.54) is 19.4 Å². The molecule has 2 fully saturated rings. The maximum absolute atomic E-state index is 4.55. The third-order valence-corrected chi connectivity index (χ3v) is 3.79. The SMILES string of the molecule is CNc1cncc(N2CCN(CC3CC3)CC2)n1. The Morgan fingerprint density at radius 2 is 2.00 bits per heavy atom. The molecule has 5 heteroatoms. The van der Waals surface area contributed by atoms with Crippen molar-refractivity contribution in [2.45, 2.75) is 12.8 Å². The third-order valence-electron chi connectivity index (χ3n) is 3.79. The molecule has 1 aliphatic carbocycles. The molecule has 1 aromatic rings. The van der Waals surface area contributed by atoms with Crippen molar-refractivity contribution >= 4 is 11.6 Å². The second kappa shape index (κ2) is 5.10. The van der Waals surface area contributed by atoms with E-state index >= 15 is 0 Å². The molecule has 0 atom stereocenters. The molecule has 1 N–H and O–H groups in total. The lowest BCUT2D eigenvalue weighted by molar-refractivity contribution is 0.247. The summed E-state index contributed by atoms with van der Waals surface area (Å²) in [6.07, 6.45) is 6.50. The highest BCUT2D eigenvalue weighted by molar-refractivity contribution is 5.43. The van der Waals surface area contributed by atoms with Crippen LogP contribution in [0.5, 0.6) is 0 Å². The normalized spacial score (nSPS) is 21.1. The number of hydrogen-bond acceptors (Lipinski definition) is 5. The van der Waals surface area contributed by atoms with Gasteiger partial charge in [0.25, 0.3) is 0 Å². The first kappa shape index (κ1) is 11.7. The van der Waals surface area contributed by atoms with Gasteiger partial charge in [-0.25, -0.2) is 4.98 Å². The van der Waals surface area contributed by atoms with Crippen molar-refractivity contribution < 1.29 is 0 Å². The standard InChI is InChI=1S/C13H21N5/c1-14-12-8-15-9-13(16-12)18-6-4-17(5-7-18)10-11-2-3-11/h8-9,11H,2-7,10H2,1H3,(H,14,16). The molecule has 0 spiro atoms. The van der Waals surface area contributed by atoms with E-state index in [1.54, 1.807) is 6.20 Å². The number of nitrogens with one attached hydrogen (secondary N) is 1. The summed E-state index contributed by atoms with van der Waals surface area (Å²) in [6, 6.07) is 0. The molecule has 1 saturated heterocycles. The van der Waals surface area contributed by atoms with Crippen molar-refractivity contribution in [3.05, 3.63) is 12.4 Å². The Bertz CT molecular complexity index is 396. The quantitative estimate of drug-likeness (QED) is 0.861. The summed E-state index contributed by atoms with van der Waals surface area (Å²) < 4.78 is 0. The summed E-state index contributed by atoms with van der Waals surface area (Å²) >= 11 is 0. The highest BCUT2D eigenvalue weighted by atomic mass is 15.3. The van der Waals surface area contributed by atoms with Crippen molar-refractivity contribution in [3.8, 4) is 0 Å². The van der Waals surface area contributed by atoms with Crippen molar-refractivity contribution in [1.29, 1.82) is 0 Å². The molecular weight excluding hydrogens is 226 g/mol. The van der Waals surface area contributed by atoms with E-state index in [9.17, 15) is 0 Å². The highest BCUT2D eigenvalue weighted by Crippen LogP contribution is 2.30. The van der Waals surface area contributed by atoms with Crippen LogP contribution in [-0.2, 0) is 0 Å². The van der Waals surface area contributed by atoms with E-state index in [0.29, 0.717) is 0 Å². The molecule has 0 unspecified atom stereocenters. The molecule has 0 amide bonds. The molecule has 2 heterocycles. The van der Waals surface area contributed by atoms with Gasteiger partial charge in [0.05, 0.1) is 12.4 Å². The zero-order valence-electron chi connectivity index (χ0n) is 11.0. The average Bonchev–Trinajstić information content (AvgIpc) is 3.24. The van der Waals surface area contributed by atoms with Crippen molar-refractivity contribution in [3.63, 3.8) is 0 Å². The first-order valence-corrected chi connectivity index (χ1v) is 6.82. The Labute approximate surface area is 108 Å². The third kappa shape index (κ3) is 2.72. The van der Waals surface area contributed by atoms with E-state index in [2.05, 4.69) is 25.1 Å². The highest BCUT2D eigenvalue weighted by Gasteiger charge is 2.26. The number of rotatable bonds is 4. The van der Waals surface area contributed by atoms with Gasteiger partial charge in [-0.1, -0.05) is 0 Å². The van der Waals surface area contributed by atoms with Crippen LogP contribution in [0.15, 0.2) is 12.4 Å². The lowest BCUT2D eigenvalue weighted by atomic mass is 10.3. The monoisotopic (exact) mass is 247 g/mol. The van der Waals surface area contributed by atoms with E-state index in [4.69, 9.17) is 0 Å². The summed E-state index contributed by atoms with van der Waals surface area (Å²) in [5.74, 6) is 2.82. The Balaban J connectivity index is 1.57. The molecule has 1 aliphatic heterocycles. The maximum Gasteiger partial charge on any atom is 0.149 e. The molecule has 1 saturated carbocycles. The second-order valence-corrected chi connectivity index (χ2v) is 5.24. The van der Waals surface area contributed by atoms with Gasteiger partial charge in [-0.3, -0.25) is 9.88 Å². The molecule has 1 aromatic heterocycles. The topological polar surface area (TPSA) is 44.3 Å². The summed E-state index contributed by atoms with van der Waals surface area (Å²) in [5.41, 5.74) is 0. The van der Waals surface area contributed by atoms with Crippen LogP contribution in [0.3, 0.4) is 0 Å². The fourth-order valence-corrected chi connectivity index (χ4v) is 2.45. The van der Waals surface area contributed by atoms with Gasteiger partial charge >= 0.3 is 0 Å². The predicted molar refractivity (Wildman–Crippen MR) is 73.0 cm³/mol. The van der Waals surface area contributed by atoms with Gasteiger partial charge in [-0.2, -0.15) is 0 Å². The van der Waals surface area contributed by atoms with Gasteiger partial charge in [0.2, 0.25) is 0 Å². The van der Waals surface area contributed by atoms with E-state index in [1.807, 2.05) is 13.2 Å². The van der Waals surface area contributed by atoms with Gasteiger partial charge in [0.15, 0.2) is 0 Å². The van der Waals surface area contributed by atoms with Crippen LogP contribution in [0.1, 0.15) is 12.8 Å². The number of nitrogens with zero attached hydrogens (tertiary/aromatic N) is 4. The first-order chi connectivity index (χ1) is 8.85. The van der Waals surface area contributed by atoms with Crippen LogP contribution in [-0.4, -0.2) is 54.6 Å².